The predicted octanol–water partition coefficient (Wildman–Crippen LogP) is -1.34. The Balaban J connectivity index is 2.24. The summed E-state index contributed by atoms with van der Waals surface area (Å²) in [5.41, 5.74) is -0.0130. The van der Waals surface area contributed by atoms with Gasteiger partial charge in [-0.25, -0.2) is 17.8 Å². The number of rotatable bonds is 7. The van der Waals surface area contributed by atoms with E-state index in [0.29, 0.717) is 12.1 Å². The summed E-state index contributed by atoms with van der Waals surface area (Å²) in [6.45, 7) is 5.88. The van der Waals surface area contributed by atoms with Crippen molar-refractivity contribution in [2.75, 3.05) is 26.4 Å². The van der Waals surface area contributed by atoms with Crippen molar-refractivity contribution in [1.29, 1.82) is 0 Å². The van der Waals surface area contributed by atoms with Gasteiger partial charge in [0.15, 0.2) is 0 Å². The van der Waals surface area contributed by atoms with Crippen molar-refractivity contribution in [3.05, 3.63) is 11.9 Å². The molecule has 0 aliphatic carbocycles. The monoisotopic (exact) mass is 430 g/mol. The van der Waals surface area contributed by atoms with Gasteiger partial charge in [-0.15, -0.1) is 5.10 Å². The molecule has 3 atom stereocenters. The summed E-state index contributed by atoms with van der Waals surface area (Å²) in [5.74, 6) is -0.651. The third-order valence-corrected chi connectivity index (χ3v) is 5.46. The zero-order chi connectivity index (χ0) is 22.0. The second-order valence-corrected chi connectivity index (χ2v) is 10.2. The molecule has 1 aliphatic heterocycles. The largest absolute Gasteiger partial charge is 0.391 e. The summed E-state index contributed by atoms with van der Waals surface area (Å²) in [4.78, 5) is 27.0. The van der Waals surface area contributed by atoms with E-state index >= 15 is 0 Å². The first-order valence-corrected chi connectivity index (χ1v) is 11.3. The van der Waals surface area contributed by atoms with Crippen molar-refractivity contribution < 1.29 is 23.1 Å². The topological polar surface area (TPSA) is 147 Å². The summed E-state index contributed by atoms with van der Waals surface area (Å²) in [6.07, 6.45) is 2.42. The van der Waals surface area contributed by atoms with Crippen LogP contribution >= 0.6 is 0 Å². The van der Waals surface area contributed by atoms with E-state index in [1.54, 1.807) is 6.20 Å². The van der Waals surface area contributed by atoms with Crippen LogP contribution in [0.15, 0.2) is 6.20 Å². The van der Waals surface area contributed by atoms with Gasteiger partial charge in [0.05, 0.1) is 18.1 Å². The van der Waals surface area contributed by atoms with Gasteiger partial charge in [-0.1, -0.05) is 26.0 Å². The Bertz CT molecular complexity index is 847. The number of nitrogens with zero attached hydrogens (tertiary/aromatic N) is 4. The fourth-order valence-corrected chi connectivity index (χ4v) is 3.90. The highest BCUT2D eigenvalue weighted by Gasteiger charge is 2.44. The molecule has 2 rings (SSSR count). The molecular weight excluding hydrogens is 400 g/mol. The standard InChI is InChI=1S/C17H30N6O5S/c1-17(2,3)14(16(26)22-10-12(24)8-13(22)15(25)18-4)23-9-11(20-21-23)6-7-19-29(5,27)28/h9,12-14,19,24H,6-8,10H2,1-5H3,(H,18,25)/t12?,13?,14-/m1/s1. The van der Waals surface area contributed by atoms with E-state index in [0.717, 1.165) is 6.26 Å². The summed E-state index contributed by atoms with van der Waals surface area (Å²) < 4.78 is 26.2. The first-order chi connectivity index (χ1) is 13.3. The molecule has 1 aromatic rings. The average Bonchev–Trinajstić information content (AvgIpc) is 3.18. The van der Waals surface area contributed by atoms with Gasteiger partial charge in [-0.05, 0) is 5.41 Å². The van der Waals surface area contributed by atoms with Crippen LogP contribution in [0.2, 0.25) is 0 Å². The molecule has 3 N–H and O–H groups in total. The van der Waals surface area contributed by atoms with Crippen molar-refractivity contribution in [2.45, 2.75) is 51.8 Å². The fourth-order valence-electron chi connectivity index (χ4n) is 3.43. The van der Waals surface area contributed by atoms with Gasteiger partial charge in [0.2, 0.25) is 21.8 Å². The number of aliphatic hydroxyl groups is 1. The molecule has 29 heavy (non-hydrogen) atoms. The second-order valence-electron chi connectivity index (χ2n) is 8.39. The highest BCUT2D eigenvalue weighted by molar-refractivity contribution is 7.88. The van der Waals surface area contributed by atoms with Gasteiger partial charge in [-0.3, -0.25) is 9.59 Å². The number of likely N-dealkylation sites (tertiary alicyclic amines) is 1. The van der Waals surface area contributed by atoms with Gasteiger partial charge in [0.25, 0.3) is 0 Å². The van der Waals surface area contributed by atoms with Crippen molar-refractivity contribution in [3.8, 4) is 0 Å². The van der Waals surface area contributed by atoms with E-state index in [2.05, 4.69) is 20.4 Å². The second kappa shape index (κ2) is 8.76. The molecule has 2 heterocycles. The number of β-amino-alcohol motifs (C(OH)–C–C–N with tert-alkyl or cyclic N) is 1. The molecule has 2 amide bonds. The molecule has 0 radical (unpaired) electrons. The molecule has 0 saturated carbocycles. The van der Waals surface area contributed by atoms with E-state index < -0.39 is 33.6 Å². The van der Waals surface area contributed by atoms with Crippen molar-refractivity contribution in [1.82, 2.24) is 29.9 Å². The number of carbonyl (C=O) groups excluding carboxylic acids is 2. The Morgan fingerprint density at radius 1 is 1.38 bits per heavy atom. The SMILES string of the molecule is CNC(=O)C1CC(O)CN1C(=O)[C@@H](n1cc(CCNS(C)(=O)=O)nn1)C(C)(C)C. The molecule has 0 spiro atoms. The van der Waals surface area contributed by atoms with E-state index in [1.165, 1.54) is 16.6 Å². The van der Waals surface area contributed by atoms with Gasteiger partial charge in [0, 0.05) is 39.2 Å². The van der Waals surface area contributed by atoms with E-state index in [-0.39, 0.29) is 31.3 Å². The highest BCUT2D eigenvalue weighted by Crippen LogP contribution is 2.34. The Morgan fingerprint density at radius 2 is 2.03 bits per heavy atom. The first-order valence-electron chi connectivity index (χ1n) is 9.39. The van der Waals surface area contributed by atoms with Crippen LogP contribution in [0.5, 0.6) is 0 Å². The van der Waals surface area contributed by atoms with Crippen LogP contribution < -0.4 is 10.0 Å². The first kappa shape index (κ1) is 23.2. The normalized spacial score (nSPS) is 21.2. The van der Waals surface area contributed by atoms with Crippen LogP contribution in [0.4, 0.5) is 0 Å². The minimum Gasteiger partial charge on any atom is -0.391 e. The minimum atomic E-state index is -3.30. The summed E-state index contributed by atoms with van der Waals surface area (Å²) in [5, 5.41) is 20.7. The number of hydrogen-bond acceptors (Lipinski definition) is 7. The third-order valence-electron chi connectivity index (χ3n) is 4.73. The summed E-state index contributed by atoms with van der Waals surface area (Å²) >= 11 is 0. The molecule has 1 aliphatic rings. The van der Waals surface area contributed by atoms with E-state index in [4.69, 9.17) is 0 Å². The van der Waals surface area contributed by atoms with Crippen LogP contribution in [0.25, 0.3) is 0 Å². The molecule has 12 heteroatoms. The third kappa shape index (κ3) is 5.97. The molecule has 0 bridgehead atoms. The van der Waals surface area contributed by atoms with Crippen molar-refractivity contribution >= 4 is 21.8 Å². The number of aliphatic hydroxyl groups excluding tert-OH is 1. The van der Waals surface area contributed by atoms with Crippen LogP contribution in [-0.2, 0) is 26.0 Å². The van der Waals surface area contributed by atoms with Gasteiger partial charge in [-0.2, -0.15) is 0 Å². The molecule has 1 fully saturated rings. The number of likely N-dealkylation sites (N-methyl/N-ethyl adjacent to an activating group) is 1. The zero-order valence-electron chi connectivity index (χ0n) is 17.4. The lowest BCUT2D eigenvalue weighted by molar-refractivity contribution is -0.144. The molecule has 2 unspecified atom stereocenters. The predicted molar refractivity (Wildman–Crippen MR) is 105 cm³/mol. The van der Waals surface area contributed by atoms with Gasteiger partial charge in [0.1, 0.15) is 12.1 Å². The molecule has 0 aromatic carbocycles. The Morgan fingerprint density at radius 3 is 2.59 bits per heavy atom. The summed E-state index contributed by atoms with van der Waals surface area (Å²) in [6, 6.07) is -1.49. The van der Waals surface area contributed by atoms with Crippen LogP contribution in [0.1, 0.15) is 38.9 Å². The lowest BCUT2D eigenvalue weighted by Gasteiger charge is -2.34. The lowest BCUT2D eigenvalue weighted by Crippen LogP contribution is -2.49. The molecule has 11 nitrogen and oxygen atoms in total. The quantitative estimate of drug-likeness (QED) is 0.485. The van der Waals surface area contributed by atoms with Crippen LogP contribution in [0.3, 0.4) is 0 Å². The zero-order valence-corrected chi connectivity index (χ0v) is 18.2. The van der Waals surface area contributed by atoms with Crippen LogP contribution in [0, 0.1) is 5.41 Å². The molecule has 1 saturated heterocycles. The maximum Gasteiger partial charge on any atom is 0.248 e. The van der Waals surface area contributed by atoms with Gasteiger partial charge >= 0.3 is 0 Å². The Hall–Kier alpha value is -2.05. The highest BCUT2D eigenvalue weighted by atomic mass is 32.2. The maximum atomic E-state index is 13.4. The number of nitrogens with one attached hydrogen (secondary N) is 2. The molecular formula is C17H30N6O5S. The van der Waals surface area contributed by atoms with Gasteiger partial charge < -0.3 is 15.3 Å². The summed E-state index contributed by atoms with van der Waals surface area (Å²) in [7, 11) is -1.81. The van der Waals surface area contributed by atoms with Crippen molar-refractivity contribution in [2.24, 2.45) is 5.41 Å². The number of sulfonamides is 1. The number of carbonyl (C=O) groups is 2. The van der Waals surface area contributed by atoms with Crippen molar-refractivity contribution in [3.63, 3.8) is 0 Å². The molecule has 1 aromatic heterocycles. The number of hydrogen-bond donors (Lipinski definition) is 3. The van der Waals surface area contributed by atoms with E-state index in [1.807, 2.05) is 20.8 Å². The van der Waals surface area contributed by atoms with E-state index in [9.17, 15) is 23.1 Å². The lowest BCUT2D eigenvalue weighted by atomic mass is 9.85. The fraction of sp³-hybridized carbons (Fsp3) is 0.765. The van der Waals surface area contributed by atoms with Crippen LogP contribution in [-0.4, -0.2) is 83.8 Å². The minimum absolute atomic E-state index is 0.0728. The number of aromatic nitrogens is 3. The Labute approximate surface area is 170 Å². The number of amides is 2. The Kier molecular flexibility index (Phi) is 7.01. The maximum absolute atomic E-state index is 13.4. The molecule has 164 valence electrons. The smallest absolute Gasteiger partial charge is 0.248 e. The average molecular weight is 431 g/mol.